The molecule has 0 unspecified atom stereocenters. The fourth-order valence-corrected chi connectivity index (χ4v) is 4.09. The highest BCUT2D eigenvalue weighted by Crippen LogP contribution is 2.42. The molecule has 174 valence electrons. The van der Waals surface area contributed by atoms with Crippen molar-refractivity contribution in [2.75, 3.05) is 10.0 Å². The summed E-state index contributed by atoms with van der Waals surface area (Å²) in [5, 5.41) is 6.22. The van der Waals surface area contributed by atoms with E-state index in [-0.39, 0.29) is 29.7 Å². The molecule has 2 heterocycles. The van der Waals surface area contributed by atoms with Crippen LogP contribution in [0, 0.1) is 0 Å². The van der Waals surface area contributed by atoms with Gasteiger partial charge in [0.1, 0.15) is 0 Å². The first-order valence-electron chi connectivity index (χ1n) is 9.96. The Kier molecular flexibility index (Phi) is 6.06. The van der Waals surface area contributed by atoms with Crippen LogP contribution in [0.4, 0.5) is 24.8 Å². The molecule has 4 rings (SSSR count). The number of aryl methyl sites for hydroxylation is 1. The van der Waals surface area contributed by atoms with Gasteiger partial charge in [-0.05, 0) is 49.2 Å². The Morgan fingerprint density at radius 1 is 1.12 bits per heavy atom. The number of rotatable bonds is 8. The Bertz CT molecular complexity index is 1240. The van der Waals surface area contributed by atoms with E-state index in [0.29, 0.717) is 11.4 Å². The molecule has 33 heavy (non-hydrogen) atoms. The van der Waals surface area contributed by atoms with Crippen LogP contribution in [0.3, 0.4) is 0 Å². The number of amides is 1. The van der Waals surface area contributed by atoms with Crippen LogP contribution >= 0.6 is 0 Å². The molecule has 0 atom stereocenters. The molecule has 0 saturated heterocycles. The average molecular weight is 480 g/mol. The fourth-order valence-electron chi connectivity index (χ4n) is 3.14. The molecule has 0 spiro atoms. The van der Waals surface area contributed by atoms with Crippen molar-refractivity contribution >= 4 is 27.6 Å². The lowest BCUT2D eigenvalue weighted by Crippen LogP contribution is -2.17. The van der Waals surface area contributed by atoms with E-state index in [0.717, 1.165) is 18.9 Å². The van der Waals surface area contributed by atoms with Crippen LogP contribution in [0.2, 0.25) is 0 Å². The van der Waals surface area contributed by atoms with Crippen LogP contribution in [0.25, 0.3) is 0 Å². The second-order valence-electron chi connectivity index (χ2n) is 7.45. The highest BCUT2D eigenvalue weighted by atomic mass is 32.2. The number of hydrogen-bond acceptors (Lipinski definition) is 6. The Labute approximate surface area is 187 Å². The minimum absolute atomic E-state index is 0.00120. The molecule has 0 aliphatic heterocycles. The monoisotopic (exact) mass is 480 g/mol. The van der Waals surface area contributed by atoms with Crippen molar-refractivity contribution in [3.63, 3.8) is 0 Å². The molecule has 2 N–H and O–H groups in total. The SMILES string of the molecule is O=C(CCn1nc(C(F)(F)F)cc1C1CC1)Nc1ccc(S(=O)(=O)Nc2ncccn2)cc1. The summed E-state index contributed by atoms with van der Waals surface area (Å²) < 4.78 is 67.2. The van der Waals surface area contributed by atoms with E-state index < -0.39 is 27.8 Å². The summed E-state index contributed by atoms with van der Waals surface area (Å²) in [4.78, 5) is 19.8. The Morgan fingerprint density at radius 3 is 2.39 bits per heavy atom. The van der Waals surface area contributed by atoms with E-state index in [1.165, 1.54) is 41.3 Å². The lowest BCUT2D eigenvalue weighted by Gasteiger charge is -2.09. The molecule has 1 fully saturated rings. The zero-order chi connectivity index (χ0) is 23.6. The maximum atomic E-state index is 13.0. The summed E-state index contributed by atoms with van der Waals surface area (Å²) in [6, 6.07) is 8.00. The van der Waals surface area contributed by atoms with Crippen LogP contribution in [0.15, 0.2) is 53.7 Å². The number of sulfonamides is 1. The molecule has 1 amide bonds. The lowest BCUT2D eigenvalue weighted by molar-refractivity contribution is -0.141. The van der Waals surface area contributed by atoms with Crippen LogP contribution in [0.5, 0.6) is 0 Å². The standard InChI is InChI=1S/C20H19F3N6O3S/c21-20(22,23)17-12-16(13-2-3-13)29(27-17)11-8-18(30)26-14-4-6-15(7-5-14)33(31,32)28-19-24-9-1-10-25-19/h1,4-7,9-10,12-13H,2-3,8,11H2,(H,26,30)(H,24,25,28). The van der Waals surface area contributed by atoms with Crippen molar-refractivity contribution in [1.82, 2.24) is 19.7 Å². The number of anilines is 2. The number of alkyl halides is 3. The van der Waals surface area contributed by atoms with Gasteiger partial charge in [0, 0.05) is 42.7 Å². The molecule has 13 heteroatoms. The predicted molar refractivity (Wildman–Crippen MR) is 112 cm³/mol. The summed E-state index contributed by atoms with van der Waals surface area (Å²) in [5.41, 5.74) is -0.135. The van der Waals surface area contributed by atoms with Crippen LogP contribution in [0.1, 0.15) is 36.6 Å². The van der Waals surface area contributed by atoms with E-state index in [1.54, 1.807) is 6.07 Å². The van der Waals surface area contributed by atoms with Gasteiger partial charge in [-0.1, -0.05) is 0 Å². The number of nitrogens with zero attached hydrogens (tertiary/aromatic N) is 4. The molecule has 1 aliphatic carbocycles. The Balaban J connectivity index is 1.36. The van der Waals surface area contributed by atoms with Crippen molar-refractivity contribution < 1.29 is 26.4 Å². The number of halogens is 3. The smallest absolute Gasteiger partial charge is 0.326 e. The molecule has 2 aromatic heterocycles. The maximum absolute atomic E-state index is 13.0. The number of aromatic nitrogens is 4. The molecule has 0 bridgehead atoms. The van der Waals surface area contributed by atoms with Crippen molar-refractivity contribution in [2.24, 2.45) is 0 Å². The normalized spacial score (nSPS) is 14.2. The van der Waals surface area contributed by atoms with Gasteiger partial charge < -0.3 is 5.32 Å². The Hall–Kier alpha value is -3.48. The third kappa shape index (κ3) is 5.66. The number of carbonyl (C=O) groups excluding carboxylic acids is 1. The average Bonchev–Trinajstić information content (AvgIpc) is 3.51. The zero-order valence-corrected chi connectivity index (χ0v) is 17.9. The zero-order valence-electron chi connectivity index (χ0n) is 17.1. The number of nitrogens with one attached hydrogen (secondary N) is 2. The van der Waals surface area contributed by atoms with E-state index in [4.69, 9.17) is 0 Å². The minimum Gasteiger partial charge on any atom is -0.326 e. The van der Waals surface area contributed by atoms with Gasteiger partial charge in [0.15, 0.2) is 5.69 Å². The van der Waals surface area contributed by atoms with Crippen molar-refractivity contribution in [3.05, 3.63) is 60.2 Å². The third-order valence-electron chi connectivity index (χ3n) is 4.89. The van der Waals surface area contributed by atoms with Crippen molar-refractivity contribution in [3.8, 4) is 0 Å². The summed E-state index contributed by atoms with van der Waals surface area (Å²) in [5.74, 6) is -0.471. The van der Waals surface area contributed by atoms with Gasteiger partial charge in [-0.15, -0.1) is 0 Å². The van der Waals surface area contributed by atoms with Gasteiger partial charge in [0.2, 0.25) is 11.9 Å². The summed E-state index contributed by atoms with van der Waals surface area (Å²) in [6.45, 7) is 0.00120. The first-order valence-corrected chi connectivity index (χ1v) is 11.4. The van der Waals surface area contributed by atoms with Crippen molar-refractivity contribution in [1.29, 1.82) is 0 Å². The van der Waals surface area contributed by atoms with E-state index in [2.05, 4.69) is 25.1 Å². The van der Waals surface area contributed by atoms with E-state index >= 15 is 0 Å². The van der Waals surface area contributed by atoms with Crippen molar-refractivity contribution in [2.45, 2.75) is 42.8 Å². The molecular formula is C20H19F3N6O3S. The highest BCUT2D eigenvalue weighted by Gasteiger charge is 2.37. The summed E-state index contributed by atoms with van der Waals surface area (Å²) in [7, 11) is -3.91. The minimum atomic E-state index is -4.54. The maximum Gasteiger partial charge on any atom is 0.435 e. The largest absolute Gasteiger partial charge is 0.435 e. The number of hydrogen-bond donors (Lipinski definition) is 2. The second-order valence-corrected chi connectivity index (χ2v) is 9.13. The lowest BCUT2D eigenvalue weighted by atomic mass is 10.2. The summed E-state index contributed by atoms with van der Waals surface area (Å²) >= 11 is 0. The molecule has 3 aromatic rings. The van der Waals surface area contributed by atoms with Crippen LogP contribution in [-0.2, 0) is 27.5 Å². The topological polar surface area (TPSA) is 119 Å². The van der Waals surface area contributed by atoms with Gasteiger partial charge in [-0.3, -0.25) is 9.48 Å². The Morgan fingerprint density at radius 2 is 1.79 bits per heavy atom. The van der Waals surface area contributed by atoms with Gasteiger partial charge >= 0.3 is 6.18 Å². The van der Waals surface area contributed by atoms with Gasteiger partial charge in [0.05, 0.1) is 4.90 Å². The quantitative estimate of drug-likeness (QED) is 0.510. The van der Waals surface area contributed by atoms with Crippen LogP contribution < -0.4 is 10.0 Å². The summed E-state index contributed by atoms with van der Waals surface area (Å²) in [6.07, 6.45) is -0.244. The first-order chi connectivity index (χ1) is 15.6. The van der Waals surface area contributed by atoms with Gasteiger partial charge in [-0.25, -0.2) is 23.1 Å². The third-order valence-corrected chi connectivity index (χ3v) is 6.23. The predicted octanol–water partition coefficient (Wildman–Crippen LogP) is 3.40. The molecule has 9 nitrogen and oxygen atoms in total. The van der Waals surface area contributed by atoms with E-state index in [1.807, 2.05) is 0 Å². The van der Waals surface area contributed by atoms with Gasteiger partial charge in [0.25, 0.3) is 10.0 Å². The molecule has 1 aliphatic rings. The molecule has 1 saturated carbocycles. The van der Waals surface area contributed by atoms with E-state index in [9.17, 15) is 26.4 Å². The van der Waals surface area contributed by atoms with Crippen LogP contribution in [-0.4, -0.2) is 34.1 Å². The highest BCUT2D eigenvalue weighted by molar-refractivity contribution is 7.92. The second kappa shape index (κ2) is 8.81. The molecule has 1 aromatic carbocycles. The first kappa shape index (κ1) is 22.7. The number of carbonyl (C=O) groups is 1. The molecule has 0 radical (unpaired) electrons. The molecular weight excluding hydrogens is 461 g/mol. The number of benzene rings is 1. The van der Waals surface area contributed by atoms with Gasteiger partial charge in [-0.2, -0.15) is 18.3 Å². The fraction of sp³-hybridized carbons (Fsp3) is 0.300.